The van der Waals surface area contributed by atoms with Gasteiger partial charge in [0.1, 0.15) is 12.4 Å². The molecule has 1 N–H and O–H groups in total. The fraction of sp³-hybridized carbons (Fsp3) is 0.500. The number of carboxylic acids is 1. The van der Waals surface area contributed by atoms with Gasteiger partial charge in [-0.3, -0.25) is 0 Å². The molecule has 0 bridgehead atoms. The highest BCUT2D eigenvalue weighted by Crippen LogP contribution is 2.34. The van der Waals surface area contributed by atoms with Gasteiger partial charge in [0.2, 0.25) is 0 Å². The first-order chi connectivity index (χ1) is 9.79. The summed E-state index contributed by atoms with van der Waals surface area (Å²) in [6, 6.07) is 3.37. The Morgan fingerprint density at radius 3 is 2.62 bits per heavy atom. The minimum Gasteiger partial charge on any atom is -0.492 e. The van der Waals surface area contributed by atoms with Gasteiger partial charge in [0.25, 0.3) is 0 Å². The lowest BCUT2D eigenvalue weighted by atomic mass is 10.1. The molecule has 0 saturated heterocycles. The Hall–Kier alpha value is -1.76. The number of hydrogen-bond acceptors (Lipinski definition) is 3. The summed E-state index contributed by atoms with van der Waals surface area (Å²) in [5.74, 6) is -1.49. The monoisotopic (exact) mass is 303 g/mol. The normalized spacial score (nSPS) is 15.3. The number of benzene rings is 1. The quantitative estimate of drug-likeness (QED) is 0.878. The van der Waals surface area contributed by atoms with E-state index in [-0.39, 0.29) is 5.75 Å². The van der Waals surface area contributed by atoms with Crippen molar-refractivity contribution in [1.29, 1.82) is 0 Å². The maximum atomic E-state index is 12.7. The topological polar surface area (TPSA) is 49.8 Å². The number of nitrogens with zero attached hydrogens (tertiary/aromatic N) is 1. The second kappa shape index (κ2) is 5.93. The fourth-order valence-electron chi connectivity index (χ4n) is 2.04. The van der Waals surface area contributed by atoms with Gasteiger partial charge in [0.15, 0.2) is 0 Å². The highest BCUT2D eigenvalue weighted by molar-refractivity contribution is 5.90. The van der Waals surface area contributed by atoms with Gasteiger partial charge >= 0.3 is 12.1 Å². The Bertz CT molecular complexity index is 527. The van der Waals surface area contributed by atoms with Crippen LogP contribution in [0.2, 0.25) is 0 Å². The minimum atomic E-state index is -4.70. The average Bonchev–Trinajstić information content (AvgIpc) is 3.21. The molecule has 1 aromatic rings. The summed E-state index contributed by atoms with van der Waals surface area (Å²) in [5.41, 5.74) is -1.96. The van der Waals surface area contributed by atoms with Gasteiger partial charge in [-0.25, -0.2) is 4.79 Å². The van der Waals surface area contributed by atoms with E-state index in [1.807, 2.05) is 7.05 Å². The van der Waals surface area contributed by atoms with Crippen molar-refractivity contribution >= 4 is 5.97 Å². The second-order valence-electron chi connectivity index (χ2n) is 5.07. The van der Waals surface area contributed by atoms with Crippen LogP contribution in [0.1, 0.15) is 28.8 Å². The molecule has 7 heteroatoms. The van der Waals surface area contributed by atoms with E-state index in [9.17, 15) is 18.0 Å². The number of carboxylic acid groups (broad SMARTS) is 1. The molecule has 1 aliphatic rings. The lowest BCUT2D eigenvalue weighted by Crippen LogP contribution is -2.26. The number of alkyl halides is 3. The van der Waals surface area contributed by atoms with Gasteiger partial charge in [-0.1, -0.05) is 0 Å². The molecule has 1 saturated carbocycles. The van der Waals surface area contributed by atoms with E-state index in [0.717, 1.165) is 31.0 Å². The highest BCUT2D eigenvalue weighted by atomic mass is 19.4. The molecule has 0 radical (unpaired) electrons. The van der Waals surface area contributed by atoms with Crippen LogP contribution in [0.25, 0.3) is 0 Å². The lowest BCUT2D eigenvalue weighted by Gasteiger charge is -2.16. The fourth-order valence-corrected chi connectivity index (χ4v) is 2.04. The zero-order chi connectivity index (χ0) is 15.6. The first-order valence-corrected chi connectivity index (χ1v) is 6.56. The highest BCUT2D eigenvalue weighted by Gasteiger charge is 2.35. The molecule has 4 nitrogen and oxygen atoms in total. The van der Waals surface area contributed by atoms with Crippen LogP contribution in [0.5, 0.6) is 5.75 Å². The Balaban J connectivity index is 2.03. The predicted molar refractivity (Wildman–Crippen MR) is 69.6 cm³/mol. The van der Waals surface area contributed by atoms with E-state index in [1.54, 1.807) is 0 Å². The van der Waals surface area contributed by atoms with Crippen molar-refractivity contribution in [2.45, 2.75) is 25.1 Å². The van der Waals surface area contributed by atoms with Crippen LogP contribution >= 0.6 is 0 Å². The van der Waals surface area contributed by atoms with Crippen molar-refractivity contribution in [3.63, 3.8) is 0 Å². The molecule has 1 aromatic carbocycles. The zero-order valence-electron chi connectivity index (χ0n) is 11.5. The third kappa shape index (κ3) is 4.10. The van der Waals surface area contributed by atoms with Gasteiger partial charge in [-0.15, -0.1) is 0 Å². The second-order valence-corrected chi connectivity index (χ2v) is 5.07. The number of rotatable bonds is 6. The smallest absolute Gasteiger partial charge is 0.417 e. The van der Waals surface area contributed by atoms with E-state index in [0.29, 0.717) is 19.2 Å². The van der Waals surface area contributed by atoms with Gasteiger partial charge in [-0.2, -0.15) is 13.2 Å². The number of ether oxygens (including phenoxy) is 1. The van der Waals surface area contributed by atoms with Crippen LogP contribution in [-0.4, -0.2) is 42.2 Å². The first kappa shape index (κ1) is 15.6. The first-order valence-electron chi connectivity index (χ1n) is 6.56. The molecule has 1 fully saturated rings. The average molecular weight is 303 g/mol. The van der Waals surface area contributed by atoms with Gasteiger partial charge < -0.3 is 14.7 Å². The molecule has 116 valence electrons. The molecule has 0 unspecified atom stereocenters. The van der Waals surface area contributed by atoms with Crippen LogP contribution < -0.4 is 4.74 Å². The summed E-state index contributed by atoms with van der Waals surface area (Å²) in [7, 11) is 1.95. The number of hydrogen-bond donors (Lipinski definition) is 1. The van der Waals surface area contributed by atoms with E-state index >= 15 is 0 Å². The van der Waals surface area contributed by atoms with Crippen LogP contribution in [0.15, 0.2) is 18.2 Å². The van der Waals surface area contributed by atoms with E-state index < -0.39 is 23.3 Å². The number of halogens is 3. The van der Waals surface area contributed by atoms with Crippen molar-refractivity contribution in [1.82, 2.24) is 4.90 Å². The van der Waals surface area contributed by atoms with Crippen LogP contribution in [0.3, 0.4) is 0 Å². The molecular weight excluding hydrogens is 287 g/mol. The van der Waals surface area contributed by atoms with Crippen LogP contribution in [-0.2, 0) is 6.18 Å². The summed E-state index contributed by atoms with van der Waals surface area (Å²) in [6.45, 7) is 0.950. The largest absolute Gasteiger partial charge is 0.492 e. The minimum absolute atomic E-state index is 0.129. The SMILES string of the molecule is CN(CCOc1ccc(C(F)(F)F)c(C(=O)O)c1)C1CC1. The third-order valence-electron chi connectivity index (χ3n) is 3.41. The molecule has 0 spiro atoms. The predicted octanol–water partition coefficient (Wildman–Crippen LogP) is 2.88. The molecule has 0 atom stereocenters. The van der Waals surface area contributed by atoms with E-state index in [2.05, 4.69) is 4.90 Å². The molecule has 21 heavy (non-hydrogen) atoms. The van der Waals surface area contributed by atoms with E-state index in [4.69, 9.17) is 9.84 Å². The van der Waals surface area contributed by atoms with Crippen LogP contribution in [0.4, 0.5) is 13.2 Å². The molecular formula is C14H16F3NO3. The third-order valence-corrected chi connectivity index (χ3v) is 3.41. The van der Waals surface area contributed by atoms with Gasteiger partial charge in [0, 0.05) is 12.6 Å². The lowest BCUT2D eigenvalue weighted by molar-refractivity contribution is -0.138. The Morgan fingerprint density at radius 1 is 1.43 bits per heavy atom. The van der Waals surface area contributed by atoms with Crippen molar-refractivity contribution in [2.24, 2.45) is 0 Å². The van der Waals surface area contributed by atoms with E-state index in [1.165, 1.54) is 0 Å². The Kier molecular flexibility index (Phi) is 4.41. The molecule has 1 aliphatic carbocycles. The summed E-state index contributed by atoms with van der Waals surface area (Å²) < 4.78 is 43.4. The summed E-state index contributed by atoms with van der Waals surface area (Å²) in [4.78, 5) is 13.0. The zero-order valence-corrected chi connectivity index (χ0v) is 11.5. The maximum Gasteiger partial charge on any atom is 0.417 e. The summed E-state index contributed by atoms with van der Waals surface area (Å²) >= 11 is 0. The van der Waals surface area contributed by atoms with Crippen molar-refractivity contribution in [2.75, 3.05) is 20.2 Å². The standard InChI is InChI=1S/C14H16F3NO3/c1-18(9-2-3-9)6-7-21-10-4-5-12(14(15,16)17)11(8-10)13(19)20/h4-5,8-9H,2-3,6-7H2,1H3,(H,19,20). The number of aromatic carboxylic acids is 1. The van der Waals surface area contributed by atoms with Gasteiger partial charge in [-0.05, 0) is 38.1 Å². The Morgan fingerprint density at radius 2 is 2.10 bits per heavy atom. The molecule has 0 aromatic heterocycles. The van der Waals surface area contributed by atoms with Gasteiger partial charge in [0.05, 0.1) is 11.1 Å². The molecule has 0 aliphatic heterocycles. The van der Waals surface area contributed by atoms with Crippen molar-refractivity contribution in [3.8, 4) is 5.75 Å². The number of likely N-dealkylation sites (N-methyl/N-ethyl adjacent to an activating group) is 1. The number of carbonyl (C=O) groups is 1. The maximum absolute atomic E-state index is 12.7. The summed E-state index contributed by atoms with van der Waals surface area (Å²) in [6.07, 6.45) is -2.39. The molecule has 0 heterocycles. The Labute approximate surface area is 120 Å². The van der Waals surface area contributed by atoms with Crippen LogP contribution in [0, 0.1) is 0 Å². The van der Waals surface area contributed by atoms with Crippen molar-refractivity contribution in [3.05, 3.63) is 29.3 Å². The molecule has 2 rings (SSSR count). The summed E-state index contributed by atoms with van der Waals surface area (Å²) in [5, 5.41) is 8.88. The van der Waals surface area contributed by atoms with Crippen molar-refractivity contribution < 1.29 is 27.8 Å². The molecule has 0 amide bonds.